The summed E-state index contributed by atoms with van der Waals surface area (Å²) >= 11 is 0. The SMILES string of the molecule is Cc1ncncc1CN(C)C1CCN(c2nnc(-c3ccnn3C)c3ccccc23)CC1. The van der Waals surface area contributed by atoms with Gasteiger partial charge in [-0.05, 0) is 32.9 Å². The number of rotatable bonds is 5. The van der Waals surface area contributed by atoms with Gasteiger partial charge in [-0.1, -0.05) is 24.3 Å². The molecule has 1 fully saturated rings. The van der Waals surface area contributed by atoms with Gasteiger partial charge in [0.1, 0.15) is 12.0 Å². The zero-order chi connectivity index (χ0) is 22.1. The largest absolute Gasteiger partial charge is 0.354 e. The van der Waals surface area contributed by atoms with Crippen molar-refractivity contribution >= 4 is 16.6 Å². The van der Waals surface area contributed by atoms with Gasteiger partial charge in [-0.15, -0.1) is 10.2 Å². The quantitative estimate of drug-likeness (QED) is 0.483. The molecule has 0 bridgehead atoms. The molecule has 0 unspecified atom stereocenters. The van der Waals surface area contributed by atoms with Gasteiger partial charge in [0.2, 0.25) is 0 Å². The van der Waals surface area contributed by atoms with Gasteiger partial charge >= 0.3 is 0 Å². The number of aryl methyl sites for hydroxylation is 2. The highest BCUT2D eigenvalue weighted by Gasteiger charge is 2.25. The predicted octanol–water partition coefficient (Wildman–Crippen LogP) is 3.23. The number of aromatic nitrogens is 6. The summed E-state index contributed by atoms with van der Waals surface area (Å²) in [6, 6.07) is 10.9. The summed E-state index contributed by atoms with van der Waals surface area (Å²) in [5.74, 6) is 0.972. The summed E-state index contributed by atoms with van der Waals surface area (Å²) in [5.41, 5.74) is 4.10. The maximum Gasteiger partial charge on any atom is 0.159 e. The van der Waals surface area contributed by atoms with Crippen molar-refractivity contribution in [1.29, 1.82) is 0 Å². The van der Waals surface area contributed by atoms with Crippen molar-refractivity contribution in [2.45, 2.75) is 32.4 Å². The normalized spacial score (nSPS) is 15.1. The van der Waals surface area contributed by atoms with Crippen LogP contribution in [0.5, 0.6) is 0 Å². The Bertz CT molecular complexity index is 1230. The molecule has 0 N–H and O–H groups in total. The van der Waals surface area contributed by atoms with E-state index in [0.717, 1.165) is 66.1 Å². The molecule has 4 aromatic rings. The molecule has 1 saturated heterocycles. The second-order valence-electron chi connectivity index (χ2n) is 8.52. The standard InChI is InChI=1S/C24H28N8/c1-17-18(14-25-16-26-17)15-30(2)19-9-12-32(13-10-19)24-21-7-5-4-6-20(21)23(28-29-24)22-8-11-27-31(22)3/h4-8,11,14,16,19H,9-10,12-13,15H2,1-3H3. The van der Waals surface area contributed by atoms with E-state index in [0.29, 0.717) is 6.04 Å². The maximum atomic E-state index is 4.68. The molecule has 1 aromatic carbocycles. The monoisotopic (exact) mass is 428 g/mol. The average Bonchev–Trinajstić information content (AvgIpc) is 3.25. The molecular weight excluding hydrogens is 400 g/mol. The molecule has 0 radical (unpaired) electrons. The number of fused-ring (bicyclic) bond motifs is 1. The first kappa shape index (κ1) is 20.5. The van der Waals surface area contributed by atoms with Crippen LogP contribution < -0.4 is 4.90 Å². The van der Waals surface area contributed by atoms with Crippen LogP contribution in [0.25, 0.3) is 22.2 Å². The molecule has 0 aliphatic carbocycles. The van der Waals surface area contributed by atoms with E-state index >= 15 is 0 Å². The molecule has 1 aliphatic rings. The zero-order valence-corrected chi connectivity index (χ0v) is 18.8. The van der Waals surface area contributed by atoms with Crippen LogP contribution in [-0.2, 0) is 13.6 Å². The van der Waals surface area contributed by atoms with E-state index in [9.17, 15) is 0 Å². The smallest absolute Gasteiger partial charge is 0.159 e. The molecule has 4 heterocycles. The molecule has 8 nitrogen and oxygen atoms in total. The Morgan fingerprint density at radius 3 is 2.56 bits per heavy atom. The minimum Gasteiger partial charge on any atom is -0.354 e. The highest BCUT2D eigenvalue weighted by Crippen LogP contribution is 2.32. The van der Waals surface area contributed by atoms with Gasteiger partial charge in [-0.2, -0.15) is 5.10 Å². The van der Waals surface area contributed by atoms with Crippen LogP contribution in [0.3, 0.4) is 0 Å². The van der Waals surface area contributed by atoms with Crippen LogP contribution in [0.1, 0.15) is 24.1 Å². The molecule has 3 aromatic heterocycles. The van der Waals surface area contributed by atoms with Crippen LogP contribution in [-0.4, -0.2) is 61.0 Å². The molecule has 0 spiro atoms. The lowest BCUT2D eigenvalue weighted by atomic mass is 10.0. The van der Waals surface area contributed by atoms with Crippen LogP contribution in [0, 0.1) is 6.92 Å². The lowest BCUT2D eigenvalue weighted by Crippen LogP contribution is -2.43. The molecule has 0 saturated carbocycles. The van der Waals surface area contributed by atoms with Crippen LogP contribution in [0.15, 0.2) is 49.1 Å². The van der Waals surface area contributed by atoms with Gasteiger partial charge < -0.3 is 4.90 Å². The van der Waals surface area contributed by atoms with Crippen molar-refractivity contribution in [3.05, 3.63) is 60.3 Å². The minimum atomic E-state index is 0.527. The summed E-state index contributed by atoms with van der Waals surface area (Å²) < 4.78 is 1.84. The Hall–Kier alpha value is -3.39. The third-order valence-corrected chi connectivity index (χ3v) is 6.55. The molecule has 32 heavy (non-hydrogen) atoms. The van der Waals surface area contributed by atoms with Crippen molar-refractivity contribution in [2.75, 3.05) is 25.0 Å². The Balaban J connectivity index is 1.34. The molecule has 1 aliphatic heterocycles. The van der Waals surface area contributed by atoms with Gasteiger partial charge in [-0.25, -0.2) is 9.97 Å². The zero-order valence-electron chi connectivity index (χ0n) is 18.8. The first-order chi connectivity index (χ1) is 15.6. The van der Waals surface area contributed by atoms with Crippen molar-refractivity contribution in [3.8, 4) is 11.4 Å². The lowest BCUT2D eigenvalue weighted by molar-refractivity contribution is 0.199. The highest BCUT2D eigenvalue weighted by atomic mass is 15.3. The van der Waals surface area contributed by atoms with Crippen molar-refractivity contribution in [1.82, 2.24) is 34.8 Å². The van der Waals surface area contributed by atoms with E-state index in [1.165, 1.54) is 5.56 Å². The second kappa shape index (κ2) is 8.63. The summed E-state index contributed by atoms with van der Waals surface area (Å²) in [4.78, 5) is 13.3. The lowest BCUT2D eigenvalue weighted by Gasteiger charge is -2.37. The van der Waals surface area contributed by atoms with E-state index in [-0.39, 0.29) is 0 Å². The molecule has 5 rings (SSSR count). The predicted molar refractivity (Wildman–Crippen MR) is 125 cm³/mol. The molecule has 0 amide bonds. The van der Waals surface area contributed by atoms with E-state index in [2.05, 4.69) is 66.4 Å². The van der Waals surface area contributed by atoms with Crippen LogP contribution >= 0.6 is 0 Å². The van der Waals surface area contributed by atoms with Gasteiger partial charge in [0, 0.05) is 67.1 Å². The average molecular weight is 429 g/mol. The summed E-state index contributed by atoms with van der Waals surface area (Å²) in [6.45, 7) is 4.85. The summed E-state index contributed by atoms with van der Waals surface area (Å²) in [7, 11) is 4.13. The maximum absolute atomic E-state index is 4.68. The van der Waals surface area contributed by atoms with Gasteiger partial charge in [0.15, 0.2) is 5.82 Å². The van der Waals surface area contributed by atoms with Gasteiger partial charge in [-0.3, -0.25) is 9.58 Å². The highest BCUT2D eigenvalue weighted by molar-refractivity contribution is 5.99. The third-order valence-electron chi connectivity index (χ3n) is 6.55. The number of hydrogen-bond acceptors (Lipinski definition) is 7. The number of anilines is 1. The number of nitrogens with zero attached hydrogens (tertiary/aromatic N) is 8. The molecule has 0 atom stereocenters. The fourth-order valence-electron chi connectivity index (χ4n) is 4.61. The fraction of sp³-hybridized carbons (Fsp3) is 0.375. The van der Waals surface area contributed by atoms with Crippen molar-refractivity contribution in [2.24, 2.45) is 7.05 Å². The van der Waals surface area contributed by atoms with E-state index in [4.69, 9.17) is 0 Å². The van der Waals surface area contributed by atoms with Crippen LogP contribution in [0.4, 0.5) is 5.82 Å². The number of piperidine rings is 1. The Kier molecular flexibility index (Phi) is 5.53. The van der Waals surface area contributed by atoms with Gasteiger partial charge in [0.25, 0.3) is 0 Å². The van der Waals surface area contributed by atoms with Crippen LogP contribution in [0.2, 0.25) is 0 Å². The number of benzene rings is 1. The fourth-order valence-corrected chi connectivity index (χ4v) is 4.61. The minimum absolute atomic E-state index is 0.527. The van der Waals surface area contributed by atoms with E-state index < -0.39 is 0 Å². The molecule has 164 valence electrons. The third kappa shape index (κ3) is 3.82. The Morgan fingerprint density at radius 1 is 1.06 bits per heavy atom. The Morgan fingerprint density at radius 2 is 1.84 bits per heavy atom. The summed E-state index contributed by atoms with van der Waals surface area (Å²) in [5, 5.41) is 15.9. The number of hydrogen-bond donors (Lipinski definition) is 0. The molecular formula is C24H28N8. The first-order valence-electron chi connectivity index (χ1n) is 11.1. The van der Waals surface area contributed by atoms with E-state index in [1.54, 1.807) is 12.5 Å². The van der Waals surface area contributed by atoms with E-state index in [1.807, 2.05) is 30.9 Å². The van der Waals surface area contributed by atoms with Crippen molar-refractivity contribution < 1.29 is 0 Å². The Labute approximate surface area is 187 Å². The topological polar surface area (TPSA) is 75.9 Å². The first-order valence-corrected chi connectivity index (χ1v) is 11.1. The van der Waals surface area contributed by atoms with Crippen molar-refractivity contribution in [3.63, 3.8) is 0 Å². The summed E-state index contributed by atoms with van der Waals surface area (Å²) in [6.07, 6.45) is 7.51. The molecule has 8 heteroatoms. The second-order valence-corrected chi connectivity index (χ2v) is 8.52. The van der Waals surface area contributed by atoms with Gasteiger partial charge in [0.05, 0.1) is 5.69 Å².